The van der Waals surface area contributed by atoms with Gasteiger partial charge in [0.15, 0.2) is 0 Å². The molecule has 0 spiro atoms. The number of amides is 1. The fourth-order valence-corrected chi connectivity index (χ4v) is 3.68. The van der Waals surface area contributed by atoms with Crippen LogP contribution in [0.3, 0.4) is 0 Å². The molecule has 0 aromatic carbocycles. The molecule has 2 aliphatic rings. The average molecular weight is 290 g/mol. The van der Waals surface area contributed by atoms with Crippen molar-refractivity contribution < 1.29 is 17.9 Å². The lowest BCUT2D eigenvalue weighted by atomic mass is 10.2. The van der Waals surface area contributed by atoms with Crippen molar-refractivity contribution in [2.75, 3.05) is 38.5 Å². The third-order valence-electron chi connectivity index (χ3n) is 3.73. The van der Waals surface area contributed by atoms with Gasteiger partial charge in [-0.1, -0.05) is 0 Å². The van der Waals surface area contributed by atoms with E-state index < -0.39 is 10.0 Å². The molecule has 19 heavy (non-hydrogen) atoms. The van der Waals surface area contributed by atoms with Crippen molar-refractivity contribution in [3.63, 3.8) is 0 Å². The van der Waals surface area contributed by atoms with Crippen LogP contribution in [-0.4, -0.2) is 68.2 Å². The maximum absolute atomic E-state index is 12.2. The molecule has 1 amide bonds. The summed E-state index contributed by atoms with van der Waals surface area (Å²) in [7, 11) is -3.15. The Morgan fingerprint density at radius 3 is 2.63 bits per heavy atom. The third kappa shape index (κ3) is 3.46. The molecule has 0 bridgehead atoms. The molecule has 2 aliphatic heterocycles. The van der Waals surface area contributed by atoms with Crippen LogP contribution in [0.25, 0.3) is 0 Å². The monoisotopic (exact) mass is 290 g/mol. The first-order valence-corrected chi connectivity index (χ1v) is 8.53. The molecular formula is C12H22N2O4S. The lowest BCUT2D eigenvalue weighted by Gasteiger charge is -2.23. The van der Waals surface area contributed by atoms with E-state index in [0.29, 0.717) is 39.2 Å². The van der Waals surface area contributed by atoms with Crippen LogP contribution in [-0.2, 0) is 19.6 Å². The van der Waals surface area contributed by atoms with Gasteiger partial charge in [-0.15, -0.1) is 0 Å². The molecule has 0 aromatic heterocycles. The van der Waals surface area contributed by atoms with E-state index in [1.165, 1.54) is 4.31 Å². The normalized spacial score (nSPS) is 26.4. The van der Waals surface area contributed by atoms with E-state index in [2.05, 4.69) is 0 Å². The van der Waals surface area contributed by atoms with Crippen molar-refractivity contribution in [3.05, 3.63) is 0 Å². The highest BCUT2D eigenvalue weighted by Gasteiger charge is 2.31. The van der Waals surface area contributed by atoms with Crippen LogP contribution in [0.15, 0.2) is 0 Å². The number of hydrogen-bond donors (Lipinski definition) is 0. The van der Waals surface area contributed by atoms with E-state index >= 15 is 0 Å². The molecule has 6 nitrogen and oxygen atoms in total. The molecular weight excluding hydrogens is 268 g/mol. The number of nitrogens with zero attached hydrogens (tertiary/aromatic N) is 2. The molecule has 2 fully saturated rings. The van der Waals surface area contributed by atoms with Gasteiger partial charge < -0.3 is 9.64 Å². The Morgan fingerprint density at radius 1 is 1.21 bits per heavy atom. The van der Waals surface area contributed by atoms with Gasteiger partial charge in [-0.05, 0) is 26.2 Å². The van der Waals surface area contributed by atoms with Crippen LogP contribution >= 0.6 is 0 Å². The predicted molar refractivity (Wildman–Crippen MR) is 71.2 cm³/mol. The number of rotatable bonds is 3. The van der Waals surface area contributed by atoms with Crippen LogP contribution in [0, 0.1) is 0 Å². The van der Waals surface area contributed by atoms with Crippen molar-refractivity contribution in [1.29, 1.82) is 0 Å². The van der Waals surface area contributed by atoms with Gasteiger partial charge in [0.25, 0.3) is 5.91 Å². The molecule has 7 heteroatoms. The smallest absolute Gasteiger partial charge is 0.251 e. The summed E-state index contributed by atoms with van der Waals surface area (Å²) < 4.78 is 30.6. The molecule has 2 heterocycles. The van der Waals surface area contributed by atoms with Crippen molar-refractivity contribution in [2.45, 2.75) is 32.3 Å². The second-order valence-corrected chi connectivity index (χ2v) is 7.24. The summed E-state index contributed by atoms with van der Waals surface area (Å²) >= 11 is 0. The van der Waals surface area contributed by atoms with E-state index in [0.717, 1.165) is 12.8 Å². The van der Waals surface area contributed by atoms with Crippen LogP contribution in [0.5, 0.6) is 0 Å². The Morgan fingerprint density at radius 2 is 2.00 bits per heavy atom. The fourth-order valence-electron chi connectivity index (χ4n) is 2.55. The molecule has 0 saturated carbocycles. The highest BCUT2D eigenvalue weighted by atomic mass is 32.2. The zero-order valence-corrected chi connectivity index (χ0v) is 12.2. The van der Waals surface area contributed by atoms with Gasteiger partial charge in [-0.2, -0.15) is 0 Å². The summed E-state index contributed by atoms with van der Waals surface area (Å²) in [5.41, 5.74) is 0. The van der Waals surface area contributed by atoms with Crippen LogP contribution < -0.4 is 0 Å². The Labute approximate surface area is 114 Å². The van der Waals surface area contributed by atoms with Crippen LogP contribution in [0.1, 0.15) is 26.2 Å². The number of hydrogen-bond acceptors (Lipinski definition) is 4. The van der Waals surface area contributed by atoms with Gasteiger partial charge in [0.05, 0.1) is 5.75 Å². The summed E-state index contributed by atoms with van der Waals surface area (Å²) in [6.07, 6.45) is 2.10. The summed E-state index contributed by atoms with van der Waals surface area (Å²) in [6.45, 7) is 4.29. The largest absolute Gasteiger partial charge is 0.368 e. The maximum Gasteiger partial charge on any atom is 0.251 e. The summed E-state index contributed by atoms with van der Waals surface area (Å²) in [5.74, 6) is 0.139. The molecule has 0 radical (unpaired) electrons. The van der Waals surface area contributed by atoms with Gasteiger partial charge in [-0.3, -0.25) is 4.79 Å². The molecule has 0 N–H and O–H groups in total. The van der Waals surface area contributed by atoms with Gasteiger partial charge in [0.1, 0.15) is 6.10 Å². The minimum Gasteiger partial charge on any atom is -0.368 e. The number of ether oxygens (including phenoxy) is 1. The molecule has 1 atom stereocenters. The van der Waals surface area contributed by atoms with Crippen LogP contribution in [0.4, 0.5) is 0 Å². The zero-order valence-electron chi connectivity index (χ0n) is 11.4. The molecule has 0 aromatic rings. The predicted octanol–water partition coefficient (Wildman–Crippen LogP) is 0.0494. The SMILES string of the molecule is CCS(=O)(=O)N1CCCN(C(=O)C2CCCO2)CC1. The highest BCUT2D eigenvalue weighted by Crippen LogP contribution is 2.16. The third-order valence-corrected chi connectivity index (χ3v) is 5.61. The lowest BCUT2D eigenvalue weighted by Crippen LogP contribution is -2.42. The molecule has 0 aliphatic carbocycles. The second-order valence-electron chi connectivity index (χ2n) is 4.98. The van der Waals surface area contributed by atoms with Crippen molar-refractivity contribution in [1.82, 2.24) is 9.21 Å². The van der Waals surface area contributed by atoms with Crippen LogP contribution in [0.2, 0.25) is 0 Å². The number of carbonyl (C=O) groups excluding carboxylic acids is 1. The van der Waals surface area contributed by atoms with Crippen molar-refractivity contribution >= 4 is 15.9 Å². The molecule has 2 saturated heterocycles. The quantitative estimate of drug-likeness (QED) is 0.736. The maximum atomic E-state index is 12.2. The summed E-state index contributed by atoms with van der Waals surface area (Å²) in [6, 6.07) is 0. The summed E-state index contributed by atoms with van der Waals surface area (Å²) in [5, 5.41) is 0. The average Bonchev–Trinajstić information content (AvgIpc) is 2.81. The van der Waals surface area contributed by atoms with E-state index in [9.17, 15) is 13.2 Å². The topological polar surface area (TPSA) is 66.9 Å². The van der Waals surface area contributed by atoms with E-state index in [1.54, 1.807) is 11.8 Å². The van der Waals surface area contributed by atoms with Gasteiger partial charge in [0.2, 0.25) is 10.0 Å². The van der Waals surface area contributed by atoms with E-state index in [1.807, 2.05) is 0 Å². The summed E-state index contributed by atoms with van der Waals surface area (Å²) in [4.78, 5) is 14.0. The zero-order chi connectivity index (χ0) is 13.9. The number of sulfonamides is 1. The minimum absolute atomic E-state index is 0.0215. The van der Waals surface area contributed by atoms with Crippen molar-refractivity contribution in [3.8, 4) is 0 Å². The van der Waals surface area contributed by atoms with Gasteiger partial charge in [-0.25, -0.2) is 12.7 Å². The molecule has 110 valence electrons. The highest BCUT2D eigenvalue weighted by molar-refractivity contribution is 7.89. The first-order chi connectivity index (χ1) is 9.04. The second kappa shape index (κ2) is 6.19. The van der Waals surface area contributed by atoms with Gasteiger partial charge in [0, 0.05) is 32.8 Å². The Kier molecular flexibility index (Phi) is 4.81. The Hall–Kier alpha value is -0.660. The molecule has 2 rings (SSSR count). The Balaban J connectivity index is 1.94. The first-order valence-electron chi connectivity index (χ1n) is 6.93. The standard InChI is InChI=1S/C12H22N2O4S/c1-2-19(16,17)14-7-4-6-13(8-9-14)12(15)11-5-3-10-18-11/h11H,2-10H2,1H3. The minimum atomic E-state index is -3.15. The molecule has 1 unspecified atom stereocenters. The Bertz CT molecular complexity index is 417. The first kappa shape index (κ1) is 14.7. The van der Waals surface area contributed by atoms with Crippen molar-refractivity contribution in [2.24, 2.45) is 0 Å². The lowest BCUT2D eigenvalue weighted by molar-refractivity contribution is -0.140. The van der Waals surface area contributed by atoms with E-state index in [4.69, 9.17) is 4.74 Å². The fraction of sp³-hybridized carbons (Fsp3) is 0.917. The number of carbonyl (C=O) groups is 1. The van der Waals surface area contributed by atoms with Gasteiger partial charge >= 0.3 is 0 Å². The van der Waals surface area contributed by atoms with E-state index in [-0.39, 0.29) is 17.8 Å².